The summed E-state index contributed by atoms with van der Waals surface area (Å²) in [6.07, 6.45) is 3.23. The first-order chi connectivity index (χ1) is 12.3. The predicted molar refractivity (Wildman–Crippen MR) is 105 cm³/mol. The Morgan fingerprint density at radius 3 is 1.96 bits per heavy atom. The van der Waals surface area contributed by atoms with E-state index in [9.17, 15) is 4.79 Å². The molecule has 1 aliphatic rings. The molecular weight excluding hydrogens is 324 g/mol. The van der Waals surface area contributed by atoms with Crippen LogP contribution in [0.5, 0.6) is 11.5 Å². The van der Waals surface area contributed by atoms with Gasteiger partial charge in [-0.25, -0.2) is 0 Å². The van der Waals surface area contributed by atoms with E-state index in [-0.39, 0.29) is 10.8 Å². The van der Waals surface area contributed by atoms with Gasteiger partial charge >= 0.3 is 0 Å². The fourth-order valence-electron chi connectivity index (χ4n) is 3.62. The highest BCUT2D eigenvalue weighted by Crippen LogP contribution is 2.46. The molecule has 0 saturated heterocycles. The fourth-order valence-corrected chi connectivity index (χ4v) is 3.62. The minimum Gasteiger partial charge on any atom is -0.490 e. The molecule has 0 unspecified atom stereocenters. The second-order valence-electron chi connectivity index (χ2n) is 8.36. The summed E-state index contributed by atoms with van der Waals surface area (Å²) in [6, 6.07) is 13.6. The standard InChI is InChI=1S/C23H28O3/c1-22(2)11-12-23(3,4)21-15-19(9-10-20(21)22)26-14-13-25-18-7-5-17(16-24)6-8-18/h5-10,15-16H,11-14H2,1-4H3. The minimum absolute atomic E-state index is 0.182. The van der Waals surface area contributed by atoms with E-state index < -0.39 is 0 Å². The Kier molecular flexibility index (Phi) is 5.08. The van der Waals surface area contributed by atoms with Crippen molar-refractivity contribution in [3.05, 3.63) is 59.2 Å². The molecule has 0 amide bonds. The average Bonchev–Trinajstić information content (AvgIpc) is 2.63. The molecule has 0 saturated carbocycles. The van der Waals surface area contributed by atoms with Crippen LogP contribution in [-0.2, 0) is 10.8 Å². The van der Waals surface area contributed by atoms with Gasteiger partial charge in [0.05, 0.1) is 0 Å². The largest absolute Gasteiger partial charge is 0.490 e. The molecule has 0 aliphatic heterocycles. The van der Waals surface area contributed by atoms with Crippen LogP contribution < -0.4 is 9.47 Å². The second-order valence-corrected chi connectivity index (χ2v) is 8.36. The molecule has 0 radical (unpaired) electrons. The highest BCUT2D eigenvalue weighted by molar-refractivity contribution is 5.74. The van der Waals surface area contributed by atoms with Crippen LogP contribution in [-0.4, -0.2) is 19.5 Å². The van der Waals surface area contributed by atoms with E-state index in [1.165, 1.54) is 24.0 Å². The van der Waals surface area contributed by atoms with Crippen LogP contribution in [0.2, 0.25) is 0 Å². The molecule has 0 N–H and O–H groups in total. The normalized spacial score (nSPS) is 17.2. The van der Waals surface area contributed by atoms with Gasteiger partial charge in [-0.3, -0.25) is 4.79 Å². The van der Waals surface area contributed by atoms with Crippen LogP contribution in [0, 0.1) is 0 Å². The summed E-state index contributed by atoms with van der Waals surface area (Å²) >= 11 is 0. The van der Waals surface area contributed by atoms with Gasteiger partial charge in [-0.05, 0) is 71.2 Å². The Bertz CT molecular complexity index is 773. The summed E-state index contributed by atoms with van der Waals surface area (Å²) in [7, 11) is 0. The van der Waals surface area contributed by atoms with Crippen LogP contribution >= 0.6 is 0 Å². The summed E-state index contributed by atoms with van der Waals surface area (Å²) in [6.45, 7) is 10.2. The molecule has 0 fully saturated rings. The van der Waals surface area contributed by atoms with E-state index in [0.29, 0.717) is 18.8 Å². The van der Waals surface area contributed by atoms with Crippen molar-refractivity contribution in [3.8, 4) is 11.5 Å². The topological polar surface area (TPSA) is 35.5 Å². The second kappa shape index (κ2) is 7.14. The quantitative estimate of drug-likeness (QED) is 0.522. The zero-order chi connectivity index (χ0) is 18.8. The molecule has 3 rings (SSSR count). The first-order valence-electron chi connectivity index (χ1n) is 9.28. The maximum absolute atomic E-state index is 10.7. The molecule has 1 aliphatic carbocycles. The van der Waals surface area contributed by atoms with Gasteiger partial charge in [0.25, 0.3) is 0 Å². The Labute approximate surface area is 156 Å². The third kappa shape index (κ3) is 3.92. The molecule has 0 bridgehead atoms. The maximum Gasteiger partial charge on any atom is 0.150 e. The molecule has 0 spiro atoms. The van der Waals surface area contributed by atoms with E-state index in [0.717, 1.165) is 17.8 Å². The first-order valence-corrected chi connectivity index (χ1v) is 9.28. The number of aldehydes is 1. The maximum atomic E-state index is 10.7. The minimum atomic E-state index is 0.182. The van der Waals surface area contributed by atoms with Crippen molar-refractivity contribution in [1.29, 1.82) is 0 Å². The fraction of sp³-hybridized carbons (Fsp3) is 0.435. The number of hydrogen-bond acceptors (Lipinski definition) is 3. The lowest BCUT2D eigenvalue weighted by molar-refractivity contribution is 0.112. The lowest BCUT2D eigenvalue weighted by Crippen LogP contribution is -2.33. The molecular formula is C23H28O3. The van der Waals surface area contributed by atoms with E-state index in [1.807, 2.05) is 0 Å². The highest BCUT2D eigenvalue weighted by Gasteiger charge is 2.37. The van der Waals surface area contributed by atoms with E-state index in [4.69, 9.17) is 9.47 Å². The summed E-state index contributed by atoms with van der Waals surface area (Å²) in [4.78, 5) is 10.7. The number of carbonyl (C=O) groups excluding carboxylic acids is 1. The molecule has 0 atom stereocenters. The Morgan fingerprint density at radius 2 is 1.35 bits per heavy atom. The van der Waals surface area contributed by atoms with Gasteiger partial charge < -0.3 is 9.47 Å². The summed E-state index contributed by atoms with van der Waals surface area (Å²) < 4.78 is 11.6. The van der Waals surface area contributed by atoms with Crippen molar-refractivity contribution in [2.75, 3.05) is 13.2 Å². The van der Waals surface area contributed by atoms with Crippen LogP contribution in [0.15, 0.2) is 42.5 Å². The first kappa shape index (κ1) is 18.5. The van der Waals surface area contributed by atoms with Crippen molar-refractivity contribution in [2.24, 2.45) is 0 Å². The molecule has 138 valence electrons. The third-order valence-electron chi connectivity index (χ3n) is 5.46. The van der Waals surface area contributed by atoms with E-state index >= 15 is 0 Å². The number of carbonyl (C=O) groups is 1. The van der Waals surface area contributed by atoms with Gasteiger partial charge in [-0.2, -0.15) is 0 Å². The molecule has 0 heterocycles. The van der Waals surface area contributed by atoms with E-state index in [1.54, 1.807) is 24.3 Å². The molecule has 3 nitrogen and oxygen atoms in total. The van der Waals surface area contributed by atoms with Gasteiger partial charge in [0.15, 0.2) is 0 Å². The highest BCUT2D eigenvalue weighted by atomic mass is 16.5. The number of rotatable bonds is 6. The van der Waals surface area contributed by atoms with Crippen molar-refractivity contribution < 1.29 is 14.3 Å². The number of ether oxygens (including phenoxy) is 2. The number of fused-ring (bicyclic) bond motifs is 1. The molecule has 3 heteroatoms. The van der Waals surface area contributed by atoms with Gasteiger partial charge in [-0.1, -0.05) is 33.8 Å². The average molecular weight is 352 g/mol. The van der Waals surface area contributed by atoms with Crippen LogP contribution in [0.1, 0.15) is 62.0 Å². The zero-order valence-corrected chi connectivity index (χ0v) is 16.2. The summed E-state index contributed by atoms with van der Waals surface area (Å²) in [5, 5.41) is 0. The summed E-state index contributed by atoms with van der Waals surface area (Å²) in [5.74, 6) is 1.64. The van der Waals surface area contributed by atoms with Gasteiger partial charge in [0, 0.05) is 5.56 Å². The molecule has 0 aromatic heterocycles. The number of benzene rings is 2. The van der Waals surface area contributed by atoms with Gasteiger partial charge in [0.2, 0.25) is 0 Å². The van der Waals surface area contributed by atoms with Crippen LogP contribution in [0.3, 0.4) is 0 Å². The lowest BCUT2D eigenvalue weighted by atomic mass is 9.63. The van der Waals surface area contributed by atoms with E-state index in [2.05, 4.69) is 45.9 Å². The summed E-state index contributed by atoms with van der Waals surface area (Å²) in [5.41, 5.74) is 3.89. The number of hydrogen-bond donors (Lipinski definition) is 0. The Balaban J connectivity index is 1.61. The Hall–Kier alpha value is -2.29. The van der Waals surface area contributed by atoms with Crippen molar-refractivity contribution >= 4 is 6.29 Å². The van der Waals surface area contributed by atoms with Crippen LogP contribution in [0.4, 0.5) is 0 Å². The van der Waals surface area contributed by atoms with Crippen molar-refractivity contribution in [2.45, 2.75) is 51.4 Å². The molecule has 2 aromatic carbocycles. The zero-order valence-electron chi connectivity index (χ0n) is 16.2. The molecule has 26 heavy (non-hydrogen) atoms. The third-order valence-corrected chi connectivity index (χ3v) is 5.46. The van der Waals surface area contributed by atoms with Crippen LogP contribution in [0.25, 0.3) is 0 Å². The SMILES string of the molecule is CC1(C)CCC(C)(C)c2cc(OCCOc3ccc(C=O)cc3)ccc21. The molecule has 2 aromatic rings. The van der Waals surface area contributed by atoms with Gasteiger partial charge in [-0.15, -0.1) is 0 Å². The van der Waals surface area contributed by atoms with Crippen molar-refractivity contribution in [3.63, 3.8) is 0 Å². The Morgan fingerprint density at radius 1 is 0.808 bits per heavy atom. The van der Waals surface area contributed by atoms with Crippen molar-refractivity contribution in [1.82, 2.24) is 0 Å². The van der Waals surface area contributed by atoms with Gasteiger partial charge in [0.1, 0.15) is 31.0 Å². The monoisotopic (exact) mass is 352 g/mol. The predicted octanol–water partition coefficient (Wildman–Crippen LogP) is 5.31. The smallest absolute Gasteiger partial charge is 0.150 e. The lowest BCUT2D eigenvalue weighted by Gasteiger charge is -2.41.